The molecule has 188 valence electrons. The number of carbonyl (C=O) groups excluding carboxylic acids is 1. The van der Waals surface area contributed by atoms with Crippen LogP contribution in [-0.4, -0.2) is 37.3 Å². The van der Waals surface area contributed by atoms with Gasteiger partial charge in [0, 0.05) is 24.3 Å². The van der Waals surface area contributed by atoms with Gasteiger partial charge in [-0.05, 0) is 85.3 Å². The second-order valence-corrected chi connectivity index (χ2v) is 9.67. The molecule has 0 radical (unpaired) electrons. The molecule has 2 aliphatic rings. The van der Waals surface area contributed by atoms with Gasteiger partial charge in [-0.2, -0.15) is 0 Å². The van der Waals surface area contributed by atoms with Crippen molar-refractivity contribution in [2.45, 2.75) is 33.2 Å². The van der Waals surface area contributed by atoms with Crippen molar-refractivity contribution in [1.29, 1.82) is 0 Å². The third-order valence-electron chi connectivity index (χ3n) is 6.73. The lowest BCUT2D eigenvalue weighted by Gasteiger charge is -2.31. The van der Waals surface area contributed by atoms with Crippen molar-refractivity contribution in [3.8, 4) is 28.4 Å². The number of fused-ring (bicyclic) bond motifs is 1. The minimum atomic E-state index is -0.394. The van der Waals surface area contributed by atoms with Crippen LogP contribution in [0.3, 0.4) is 0 Å². The van der Waals surface area contributed by atoms with Crippen molar-refractivity contribution in [2.75, 3.05) is 31.8 Å². The molecule has 0 aromatic heterocycles. The molecule has 0 aliphatic carbocycles. The summed E-state index contributed by atoms with van der Waals surface area (Å²) in [5, 5.41) is 2.75. The summed E-state index contributed by atoms with van der Waals surface area (Å²) in [4.78, 5) is 15.0. The number of ether oxygens (including phenoxy) is 3. The van der Waals surface area contributed by atoms with E-state index in [1.54, 1.807) is 6.07 Å². The van der Waals surface area contributed by atoms with Gasteiger partial charge in [0.05, 0.1) is 0 Å². The summed E-state index contributed by atoms with van der Waals surface area (Å²) in [5.74, 6) is 2.09. The summed E-state index contributed by atoms with van der Waals surface area (Å²) >= 11 is 0. The number of halogens is 1. The number of benzene rings is 3. The first-order chi connectivity index (χ1) is 17.4. The Morgan fingerprint density at radius 1 is 1.08 bits per heavy atom. The van der Waals surface area contributed by atoms with Gasteiger partial charge in [-0.1, -0.05) is 25.1 Å². The quantitative estimate of drug-likeness (QED) is 0.455. The van der Waals surface area contributed by atoms with Crippen LogP contribution in [0.5, 0.6) is 17.2 Å². The Labute approximate surface area is 211 Å². The Bertz CT molecular complexity index is 1260. The van der Waals surface area contributed by atoms with E-state index in [-0.39, 0.29) is 19.3 Å². The smallest absolute Gasteiger partial charge is 0.262 e. The summed E-state index contributed by atoms with van der Waals surface area (Å²) < 4.78 is 30.6. The first kappa shape index (κ1) is 24.1. The Balaban J connectivity index is 1.35. The van der Waals surface area contributed by atoms with Gasteiger partial charge < -0.3 is 19.5 Å². The van der Waals surface area contributed by atoms with Crippen molar-refractivity contribution in [3.63, 3.8) is 0 Å². The number of aryl methyl sites for hydroxylation is 1. The van der Waals surface area contributed by atoms with Crippen LogP contribution in [0.4, 0.5) is 10.1 Å². The maximum Gasteiger partial charge on any atom is 0.262 e. The molecular weight excluding hydrogens is 459 g/mol. The molecule has 1 fully saturated rings. The standard InChI is InChI=1S/C29H31FN2O4/c1-19-4-3-11-32(15-19)16-23-12-21(22-7-10-27-28(13-22)36-18-35-27)6-9-26(23)34-17-29(33)31-25-14-24(30)8-5-20(25)2/h5-10,12-14,19H,3-4,11,15-18H2,1-2H3,(H,31,33)/t19-/m0/s1. The van der Waals surface area contributed by atoms with E-state index in [0.29, 0.717) is 17.4 Å². The van der Waals surface area contributed by atoms with E-state index >= 15 is 0 Å². The number of likely N-dealkylation sites (tertiary alicyclic amines) is 1. The minimum Gasteiger partial charge on any atom is -0.483 e. The maximum absolute atomic E-state index is 13.6. The zero-order valence-electron chi connectivity index (χ0n) is 20.7. The largest absolute Gasteiger partial charge is 0.483 e. The first-order valence-electron chi connectivity index (χ1n) is 12.4. The lowest BCUT2D eigenvalue weighted by atomic mass is 9.98. The van der Waals surface area contributed by atoms with Gasteiger partial charge in [0.15, 0.2) is 18.1 Å². The third-order valence-corrected chi connectivity index (χ3v) is 6.73. The maximum atomic E-state index is 13.6. The zero-order chi connectivity index (χ0) is 25.1. The molecule has 2 heterocycles. The number of nitrogens with zero attached hydrogens (tertiary/aromatic N) is 1. The molecule has 5 rings (SSSR count). The third kappa shape index (κ3) is 5.62. The first-order valence-corrected chi connectivity index (χ1v) is 12.4. The van der Waals surface area contributed by atoms with E-state index in [9.17, 15) is 9.18 Å². The van der Waals surface area contributed by atoms with Crippen molar-refractivity contribution in [2.24, 2.45) is 5.92 Å². The molecule has 7 heteroatoms. The monoisotopic (exact) mass is 490 g/mol. The second kappa shape index (κ2) is 10.6. The van der Waals surface area contributed by atoms with Crippen LogP contribution >= 0.6 is 0 Å². The summed E-state index contributed by atoms with van der Waals surface area (Å²) in [7, 11) is 0. The van der Waals surface area contributed by atoms with E-state index in [1.807, 2.05) is 37.3 Å². The summed E-state index contributed by atoms with van der Waals surface area (Å²) in [6.45, 7) is 6.99. The van der Waals surface area contributed by atoms with E-state index < -0.39 is 5.82 Å². The Morgan fingerprint density at radius 3 is 2.75 bits per heavy atom. The average Bonchev–Trinajstić information content (AvgIpc) is 3.33. The number of nitrogens with one attached hydrogen (secondary N) is 1. The number of hydrogen-bond donors (Lipinski definition) is 1. The molecule has 36 heavy (non-hydrogen) atoms. The SMILES string of the molecule is Cc1ccc(F)cc1NC(=O)COc1ccc(-c2ccc3c(c2)OCO3)cc1CN1CCC[C@H](C)C1. The average molecular weight is 491 g/mol. The highest BCUT2D eigenvalue weighted by atomic mass is 19.1. The molecule has 6 nitrogen and oxygen atoms in total. The van der Waals surface area contributed by atoms with Crippen molar-refractivity contribution >= 4 is 11.6 Å². The van der Waals surface area contributed by atoms with Gasteiger partial charge in [-0.15, -0.1) is 0 Å². The van der Waals surface area contributed by atoms with Crippen LogP contribution in [0, 0.1) is 18.7 Å². The topological polar surface area (TPSA) is 60.0 Å². The van der Waals surface area contributed by atoms with Crippen molar-refractivity contribution < 1.29 is 23.4 Å². The fourth-order valence-corrected chi connectivity index (χ4v) is 4.83. The predicted octanol–water partition coefficient (Wildman–Crippen LogP) is 5.78. The number of amides is 1. The van der Waals surface area contributed by atoms with Gasteiger partial charge in [0.25, 0.3) is 5.91 Å². The molecule has 0 unspecified atom stereocenters. The highest BCUT2D eigenvalue weighted by Gasteiger charge is 2.20. The number of anilines is 1. The molecule has 3 aromatic carbocycles. The molecule has 1 amide bonds. The summed E-state index contributed by atoms with van der Waals surface area (Å²) in [5.41, 5.74) is 4.33. The number of hydrogen-bond acceptors (Lipinski definition) is 5. The lowest BCUT2D eigenvalue weighted by molar-refractivity contribution is -0.118. The minimum absolute atomic E-state index is 0.164. The van der Waals surface area contributed by atoms with Crippen LogP contribution in [0.2, 0.25) is 0 Å². The second-order valence-electron chi connectivity index (χ2n) is 9.67. The normalized spacial score (nSPS) is 17.1. The Kier molecular flexibility index (Phi) is 7.09. The zero-order valence-corrected chi connectivity index (χ0v) is 20.7. The lowest BCUT2D eigenvalue weighted by Crippen LogP contribution is -2.33. The molecule has 1 N–H and O–H groups in total. The van der Waals surface area contributed by atoms with Gasteiger partial charge in [0.2, 0.25) is 6.79 Å². The van der Waals surface area contributed by atoms with Crippen molar-refractivity contribution in [3.05, 3.63) is 71.5 Å². The van der Waals surface area contributed by atoms with Gasteiger partial charge in [0.1, 0.15) is 11.6 Å². The van der Waals surface area contributed by atoms with Crippen molar-refractivity contribution in [1.82, 2.24) is 4.90 Å². The Morgan fingerprint density at radius 2 is 1.89 bits per heavy atom. The summed E-state index contributed by atoms with van der Waals surface area (Å²) in [6, 6.07) is 16.3. The molecular formula is C29H31FN2O4. The van der Waals surface area contributed by atoms with E-state index in [4.69, 9.17) is 14.2 Å². The fraction of sp³-hybridized carbons (Fsp3) is 0.345. The molecule has 0 bridgehead atoms. The van der Waals surface area contributed by atoms with Gasteiger partial charge in [-0.3, -0.25) is 9.69 Å². The molecule has 1 atom stereocenters. The van der Waals surface area contributed by atoms with Crippen LogP contribution in [0.15, 0.2) is 54.6 Å². The molecule has 0 spiro atoms. The number of rotatable bonds is 7. The van der Waals surface area contributed by atoms with Crippen LogP contribution in [0.25, 0.3) is 11.1 Å². The fourth-order valence-electron chi connectivity index (χ4n) is 4.83. The molecule has 2 aliphatic heterocycles. The Hall–Kier alpha value is -3.58. The van der Waals surface area contributed by atoms with E-state index in [1.165, 1.54) is 25.0 Å². The number of piperidine rings is 1. The van der Waals surface area contributed by atoms with Gasteiger partial charge >= 0.3 is 0 Å². The summed E-state index contributed by atoms with van der Waals surface area (Å²) in [6.07, 6.45) is 2.42. The molecule has 0 saturated carbocycles. The van der Waals surface area contributed by atoms with Crippen LogP contribution < -0.4 is 19.5 Å². The molecule has 3 aromatic rings. The predicted molar refractivity (Wildman–Crippen MR) is 137 cm³/mol. The molecule has 1 saturated heterocycles. The highest BCUT2D eigenvalue weighted by Crippen LogP contribution is 2.37. The van der Waals surface area contributed by atoms with Crippen LogP contribution in [-0.2, 0) is 11.3 Å². The van der Waals surface area contributed by atoms with Gasteiger partial charge in [-0.25, -0.2) is 4.39 Å². The van der Waals surface area contributed by atoms with Crippen LogP contribution in [0.1, 0.15) is 30.9 Å². The van der Waals surface area contributed by atoms with E-state index in [2.05, 4.69) is 23.2 Å². The van der Waals surface area contributed by atoms with E-state index in [0.717, 1.165) is 53.4 Å². The highest BCUT2D eigenvalue weighted by molar-refractivity contribution is 5.92. The number of carbonyl (C=O) groups is 1.